The molecule has 0 bridgehead atoms. The second kappa shape index (κ2) is 9.60. The minimum atomic E-state index is -1.05. The van der Waals surface area contributed by atoms with Gasteiger partial charge in [-0.2, -0.15) is 11.8 Å². The van der Waals surface area contributed by atoms with Crippen molar-refractivity contribution in [2.75, 3.05) is 18.6 Å². The number of hydrogen-bond acceptors (Lipinski definition) is 7. The van der Waals surface area contributed by atoms with Crippen LogP contribution in [-0.2, 0) is 9.59 Å². The molecule has 29 heavy (non-hydrogen) atoms. The Morgan fingerprint density at radius 1 is 1.41 bits per heavy atom. The molecule has 3 rings (SSSR count). The lowest BCUT2D eigenvalue weighted by Crippen LogP contribution is -2.44. The predicted molar refractivity (Wildman–Crippen MR) is 122 cm³/mol. The molecular formula is C20H20N2O4S3. The molecule has 1 aliphatic heterocycles. The van der Waals surface area contributed by atoms with Crippen molar-refractivity contribution in [2.45, 2.75) is 19.4 Å². The highest BCUT2D eigenvalue weighted by Crippen LogP contribution is 2.35. The molecule has 1 aliphatic rings. The molecule has 0 saturated carbocycles. The predicted octanol–water partition coefficient (Wildman–Crippen LogP) is 4.04. The van der Waals surface area contributed by atoms with Gasteiger partial charge in [0, 0.05) is 5.39 Å². The van der Waals surface area contributed by atoms with Crippen molar-refractivity contribution in [3.8, 4) is 5.75 Å². The number of carbonyl (C=O) groups excluding carboxylic acids is 1. The van der Waals surface area contributed by atoms with Gasteiger partial charge in [-0.25, -0.2) is 9.78 Å². The van der Waals surface area contributed by atoms with E-state index < -0.39 is 17.9 Å². The molecule has 0 radical (unpaired) electrons. The molecule has 2 heterocycles. The summed E-state index contributed by atoms with van der Waals surface area (Å²) in [7, 11) is 0. The summed E-state index contributed by atoms with van der Waals surface area (Å²) in [5.41, 5.74) is 1.29. The van der Waals surface area contributed by atoms with E-state index in [-0.39, 0.29) is 4.32 Å². The number of nitrogens with zero attached hydrogens (tertiary/aromatic N) is 2. The number of rotatable bonds is 8. The Bertz CT molecular complexity index is 993. The number of para-hydroxylation sites is 1. The van der Waals surface area contributed by atoms with Gasteiger partial charge < -0.3 is 9.84 Å². The lowest BCUT2D eigenvalue weighted by atomic mass is 10.1. The van der Waals surface area contributed by atoms with Crippen molar-refractivity contribution in [1.82, 2.24) is 9.88 Å². The molecule has 1 aromatic heterocycles. The molecule has 1 N–H and O–H groups in total. The standard InChI is InChI=1S/C20H20N2O4S3/c1-3-26-15-6-4-5-12-7-8-13(21-17(12)15)11-16-18(23)22(20(27)29-16)14(19(24)25)9-10-28-2/h4-8,11,14H,3,9-10H2,1-2H3,(H,24,25)/b16-11+/t14-/m1/s1. The molecule has 0 aliphatic carbocycles. The first kappa shape index (κ1) is 21.6. The second-order valence-corrected chi connectivity index (χ2v) is 8.85. The van der Waals surface area contributed by atoms with Crippen molar-refractivity contribution in [2.24, 2.45) is 0 Å². The van der Waals surface area contributed by atoms with Crippen molar-refractivity contribution in [3.63, 3.8) is 0 Å². The van der Waals surface area contributed by atoms with Crippen LogP contribution in [0.2, 0.25) is 0 Å². The fourth-order valence-electron chi connectivity index (χ4n) is 2.96. The maximum Gasteiger partial charge on any atom is 0.326 e. The molecule has 152 valence electrons. The first-order chi connectivity index (χ1) is 14.0. The summed E-state index contributed by atoms with van der Waals surface area (Å²) in [4.78, 5) is 30.8. The first-order valence-electron chi connectivity index (χ1n) is 8.97. The Kier molecular flexibility index (Phi) is 7.15. The van der Waals surface area contributed by atoms with Gasteiger partial charge in [-0.3, -0.25) is 9.69 Å². The summed E-state index contributed by atoms with van der Waals surface area (Å²) in [6, 6.07) is 8.46. The number of hydrogen-bond donors (Lipinski definition) is 1. The highest BCUT2D eigenvalue weighted by molar-refractivity contribution is 8.26. The van der Waals surface area contributed by atoms with E-state index >= 15 is 0 Å². The highest BCUT2D eigenvalue weighted by atomic mass is 32.2. The number of amides is 1. The summed E-state index contributed by atoms with van der Waals surface area (Å²) >= 11 is 7.94. The molecule has 0 unspecified atom stereocenters. The van der Waals surface area contributed by atoms with Crippen LogP contribution in [0.4, 0.5) is 0 Å². The van der Waals surface area contributed by atoms with E-state index in [1.54, 1.807) is 6.08 Å². The van der Waals surface area contributed by atoms with Gasteiger partial charge in [0.25, 0.3) is 5.91 Å². The summed E-state index contributed by atoms with van der Waals surface area (Å²) in [5.74, 6) is -0.148. The number of ether oxygens (including phenoxy) is 1. The van der Waals surface area contributed by atoms with Crippen molar-refractivity contribution < 1.29 is 19.4 Å². The topological polar surface area (TPSA) is 79.7 Å². The molecule has 1 fully saturated rings. The van der Waals surface area contributed by atoms with Crippen LogP contribution >= 0.6 is 35.7 Å². The van der Waals surface area contributed by atoms with Crippen LogP contribution < -0.4 is 4.74 Å². The first-order valence-corrected chi connectivity index (χ1v) is 11.6. The number of carbonyl (C=O) groups is 2. The minimum Gasteiger partial charge on any atom is -0.492 e. The Morgan fingerprint density at radius 3 is 2.90 bits per heavy atom. The van der Waals surface area contributed by atoms with Crippen molar-refractivity contribution in [1.29, 1.82) is 0 Å². The van der Waals surface area contributed by atoms with Crippen molar-refractivity contribution >= 4 is 68.9 Å². The molecule has 1 saturated heterocycles. The SMILES string of the molecule is CCOc1cccc2ccc(/C=C3/SC(=S)N([C@H](CCSC)C(=O)O)C3=O)nc12. The van der Waals surface area contributed by atoms with Gasteiger partial charge >= 0.3 is 5.97 Å². The van der Waals surface area contributed by atoms with Crippen LogP contribution in [0.15, 0.2) is 35.2 Å². The molecule has 1 amide bonds. The summed E-state index contributed by atoms with van der Waals surface area (Å²) in [6.45, 7) is 2.43. The quantitative estimate of drug-likeness (QED) is 0.479. The van der Waals surface area contributed by atoms with Gasteiger partial charge in [-0.1, -0.05) is 42.2 Å². The number of aromatic nitrogens is 1. The Morgan fingerprint density at radius 2 is 2.21 bits per heavy atom. The lowest BCUT2D eigenvalue weighted by molar-refractivity contribution is -0.145. The van der Waals surface area contributed by atoms with Crippen LogP contribution in [0.3, 0.4) is 0 Å². The number of thiocarbonyl (C=S) groups is 1. The van der Waals surface area contributed by atoms with E-state index in [0.29, 0.717) is 40.6 Å². The molecule has 1 aromatic carbocycles. The van der Waals surface area contributed by atoms with E-state index in [4.69, 9.17) is 17.0 Å². The number of fused-ring (bicyclic) bond motifs is 1. The van der Waals surface area contributed by atoms with E-state index in [1.165, 1.54) is 16.7 Å². The van der Waals surface area contributed by atoms with Crippen LogP contribution in [0.5, 0.6) is 5.75 Å². The zero-order valence-electron chi connectivity index (χ0n) is 16.0. The normalized spacial score (nSPS) is 16.6. The van der Waals surface area contributed by atoms with Crippen LogP contribution in [-0.4, -0.2) is 55.8 Å². The van der Waals surface area contributed by atoms with Gasteiger partial charge in [0.15, 0.2) is 0 Å². The van der Waals surface area contributed by atoms with E-state index in [0.717, 1.165) is 17.1 Å². The smallest absolute Gasteiger partial charge is 0.326 e. The average molecular weight is 449 g/mol. The maximum atomic E-state index is 12.9. The Hall–Kier alpha value is -2.10. The number of thioether (sulfide) groups is 2. The van der Waals surface area contributed by atoms with Gasteiger partial charge in [0.05, 0.1) is 17.2 Å². The summed E-state index contributed by atoms with van der Waals surface area (Å²) < 4.78 is 5.90. The third-order valence-electron chi connectivity index (χ3n) is 4.30. The Labute approximate surface area is 182 Å². The molecule has 2 aromatic rings. The molecular weight excluding hydrogens is 428 g/mol. The number of aliphatic carboxylic acids is 1. The van der Waals surface area contributed by atoms with Gasteiger partial charge in [0.1, 0.15) is 21.6 Å². The van der Waals surface area contributed by atoms with E-state index in [2.05, 4.69) is 4.98 Å². The highest BCUT2D eigenvalue weighted by Gasteiger charge is 2.40. The second-order valence-electron chi connectivity index (χ2n) is 6.18. The average Bonchev–Trinajstić information content (AvgIpc) is 2.96. The molecule has 0 spiro atoms. The number of benzene rings is 1. The number of carboxylic acids is 1. The maximum absolute atomic E-state index is 12.9. The fourth-order valence-corrected chi connectivity index (χ4v) is 4.76. The van der Waals surface area contributed by atoms with Crippen LogP contribution in [0.25, 0.3) is 17.0 Å². The van der Waals surface area contributed by atoms with E-state index in [9.17, 15) is 14.7 Å². The Balaban J connectivity index is 1.92. The third kappa shape index (κ3) is 4.73. The minimum absolute atomic E-state index is 0.255. The number of pyridine rings is 1. The number of carboxylic acid groups (broad SMARTS) is 1. The fraction of sp³-hybridized carbons (Fsp3) is 0.300. The van der Waals surface area contributed by atoms with Crippen LogP contribution in [0.1, 0.15) is 19.0 Å². The monoisotopic (exact) mass is 448 g/mol. The van der Waals surface area contributed by atoms with E-state index in [1.807, 2.05) is 43.5 Å². The third-order valence-corrected chi connectivity index (χ3v) is 6.27. The summed E-state index contributed by atoms with van der Waals surface area (Å²) in [6.07, 6.45) is 3.88. The van der Waals surface area contributed by atoms with Crippen molar-refractivity contribution in [3.05, 3.63) is 40.9 Å². The van der Waals surface area contributed by atoms with Gasteiger partial charge in [0.2, 0.25) is 0 Å². The zero-order chi connectivity index (χ0) is 21.0. The van der Waals surface area contributed by atoms with Gasteiger partial charge in [-0.15, -0.1) is 0 Å². The lowest BCUT2D eigenvalue weighted by Gasteiger charge is -2.22. The van der Waals surface area contributed by atoms with Gasteiger partial charge in [-0.05, 0) is 43.6 Å². The largest absolute Gasteiger partial charge is 0.492 e. The molecule has 1 atom stereocenters. The zero-order valence-corrected chi connectivity index (χ0v) is 18.4. The molecule has 9 heteroatoms. The molecule has 6 nitrogen and oxygen atoms in total. The van der Waals surface area contributed by atoms with Crippen LogP contribution in [0, 0.1) is 0 Å². The summed E-state index contributed by atoms with van der Waals surface area (Å²) in [5, 5.41) is 10.5.